The predicted molar refractivity (Wildman–Crippen MR) is 112 cm³/mol. The minimum Gasteiger partial charge on any atom is -0.309 e. The van der Waals surface area contributed by atoms with Gasteiger partial charge in [-0.1, -0.05) is 66.7 Å². The number of benzene rings is 4. The average molecular weight is 347 g/mol. The standard InChI is InChI=1S/C25H17NO/c27-17-19-8-4-5-11-21(19)18-14-15-25-23(16-18)22-12-6-7-13-24(22)26(25)20-9-2-1-3-10-20/h1-17H. The van der Waals surface area contributed by atoms with E-state index >= 15 is 0 Å². The summed E-state index contributed by atoms with van der Waals surface area (Å²) in [4.78, 5) is 11.5. The lowest BCUT2D eigenvalue weighted by molar-refractivity contribution is 0.112. The Morgan fingerprint density at radius 3 is 2.19 bits per heavy atom. The van der Waals surface area contributed by atoms with Crippen LogP contribution in [0.15, 0.2) is 97.1 Å². The van der Waals surface area contributed by atoms with Crippen molar-refractivity contribution in [2.45, 2.75) is 0 Å². The Hall–Kier alpha value is -3.65. The molecule has 0 aliphatic heterocycles. The Balaban J connectivity index is 1.85. The molecule has 0 aliphatic carbocycles. The molecule has 0 saturated heterocycles. The summed E-state index contributed by atoms with van der Waals surface area (Å²) >= 11 is 0. The number of fused-ring (bicyclic) bond motifs is 3. The molecule has 5 aromatic rings. The molecule has 0 aliphatic rings. The highest BCUT2D eigenvalue weighted by molar-refractivity contribution is 6.10. The first-order valence-electron chi connectivity index (χ1n) is 9.00. The molecule has 0 atom stereocenters. The van der Waals surface area contributed by atoms with Gasteiger partial charge in [0, 0.05) is 22.0 Å². The summed E-state index contributed by atoms with van der Waals surface area (Å²) in [7, 11) is 0. The minimum atomic E-state index is 0.712. The topological polar surface area (TPSA) is 22.0 Å². The van der Waals surface area contributed by atoms with E-state index in [4.69, 9.17) is 0 Å². The Labute approximate surface area is 157 Å². The molecule has 2 heteroatoms. The van der Waals surface area contributed by atoms with Crippen LogP contribution in [-0.2, 0) is 0 Å². The van der Waals surface area contributed by atoms with Crippen molar-refractivity contribution in [2.24, 2.45) is 0 Å². The van der Waals surface area contributed by atoms with Gasteiger partial charge in [-0.15, -0.1) is 0 Å². The largest absolute Gasteiger partial charge is 0.309 e. The van der Waals surface area contributed by atoms with Crippen LogP contribution in [0.3, 0.4) is 0 Å². The molecule has 2 nitrogen and oxygen atoms in total. The first-order valence-corrected chi connectivity index (χ1v) is 9.00. The van der Waals surface area contributed by atoms with E-state index in [-0.39, 0.29) is 0 Å². The van der Waals surface area contributed by atoms with Crippen LogP contribution in [0.4, 0.5) is 0 Å². The molecule has 0 fully saturated rings. The number of aldehydes is 1. The monoisotopic (exact) mass is 347 g/mol. The third kappa shape index (κ3) is 2.46. The van der Waals surface area contributed by atoms with Crippen LogP contribution in [0.5, 0.6) is 0 Å². The lowest BCUT2D eigenvalue weighted by Crippen LogP contribution is -1.93. The smallest absolute Gasteiger partial charge is 0.150 e. The fourth-order valence-electron chi connectivity index (χ4n) is 3.86. The second-order valence-electron chi connectivity index (χ2n) is 6.63. The highest BCUT2D eigenvalue weighted by Crippen LogP contribution is 2.35. The van der Waals surface area contributed by atoms with Crippen molar-refractivity contribution in [3.05, 3.63) is 103 Å². The Bertz CT molecular complexity index is 1280. The minimum absolute atomic E-state index is 0.712. The molecular weight excluding hydrogens is 330 g/mol. The van der Waals surface area contributed by atoms with E-state index in [0.717, 1.165) is 28.6 Å². The summed E-state index contributed by atoms with van der Waals surface area (Å²) in [5.74, 6) is 0. The van der Waals surface area contributed by atoms with E-state index < -0.39 is 0 Å². The number of rotatable bonds is 3. The van der Waals surface area contributed by atoms with Gasteiger partial charge in [-0.25, -0.2) is 0 Å². The van der Waals surface area contributed by atoms with E-state index in [1.54, 1.807) is 0 Å². The normalized spacial score (nSPS) is 11.1. The number of hydrogen-bond acceptors (Lipinski definition) is 1. The quantitative estimate of drug-likeness (QED) is 0.353. The van der Waals surface area contributed by atoms with Crippen molar-refractivity contribution in [1.29, 1.82) is 0 Å². The van der Waals surface area contributed by atoms with Gasteiger partial charge in [0.25, 0.3) is 0 Å². The molecule has 0 amide bonds. The van der Waals surface area contributed by atoms with Gasteiger partial charge in [-0.3, -0.25) is 4.79 Å². The fraction of sp³-hybridized carbons (Fsp3) is 0. The zero-order valence-corrected chi connectivity index (χ0v) is 14.7. The van der Waals surface area contributed by atoms with Gasteiger partial charge >= 0.3 is 0 Å². The summed E-state index contributed by atoms with van der Waals surface area (Å²) in [5.41, 5.74) is 6.22. The fourth-order valence-corrected chi connectivity index (χ4v) is 3.86. The van der Waals surface area contributed by atoms with Crippen LogP contribution >= 0.6 is 0 Å². The van der Waals surface area contributed by atoms with E-state index in [0.29, 0.717) is 5.56 Å². The van der Waals surface area contributed by atoms with Crippen LogP contribution < -0.4 is 0 Å². The molecule has 0 spiro atoms. The lowest BCUT2D eigenvalue weighted by Gasteiger charge is -2.08. The first kappa shape index (κ1) is 15.6. The van der Waals surface area contributed by atoms with Crippen LogP contribution in [0.2, 0.25) is 0 Å². The maximum Gasteiger partial charge on any atom is 0.150 e. The molecule has 4 aromatic carbocycles. The molecule has 0 saturated carbocycles. The summed E-state index contributed by atoms with van der Waals surface area (Å²) in [6.07, 6.45) is 0.923. The number of aromatic nitrogens is 1. The Morgan fingerprint density at radius 1 is 0.630 bits per heavy atom. The second kappa shape index (κ2) is 6.26. The van der Waals surface area contributed by atoms with Gasteiger partial charge in [0.2, 0.25) is 0 Å². The Kier molecular flexibility index (Phi) is 3.61. The predicted octanol–water partition coefficient (Wildman–Crippen LogP) is 6.26. The van der Waals surface area contributed by atoms with E-state index in [1.807, 2.05) is 30.3 Å². The number of carbonyl (C=O) groups excluding carboxylic acids is 1. The van der Waals surface area contributed by atoms with Crippen LogP contribution in [-0.4, -0.2) is 10.9 Å². The maximum atomic E-state index is 11.5. The third-order valence-corrected chi connectivity index (χ3v) is 5.09. The van der Waals surface area contributed by atoms with Gasteiger partial charge in [0.15, 0.2) is 6.29 Å². The molecule has 27 heavy (non-hydrogen) atoms. The molecular formula is C25H17NO. The van der Waals surface area contributed by atoms with Crippen molar-refractivity contribution in [3.8, 4) is 16.8 Å². The van der Waals surface area contributed by atoms with Crippen LogP contribution in [0, 0.1) is 0 Å². The maximum absolute atomic E-state index is 11.5. The summed E-state index contributed by atoms with van der Waals surface area (Å²) in [5, 5.41) is 2.40. The molecule has 0 N–H and O–H groups in total. The van der Waals surface area contributed by atoms with E-state index in [1.165, 1.54) is 16.3 Å². The van der Waals surface area contributed by atoms with Crippen molar-refractivity contribution in [3.63, 3.8) is 0 Å². The zero-order chi connectivity index (χ0) is 18.2. The molecule has 0 bridgehead atoms. The molecule has 1 heterocycles. The van der Waals surface area contributed by atoms with Gasteiger partial charge in [-0.2, -0.15) is 0 Å². The summed E-state index contributed by atoms with van der Waals surface area (Å²) in [6, 6.07) is 33.0. The van der Waals surface area contributed by atoms with Gasteiger partial charge in [0.05, 0.1) is 11.0 Å². The zero-order valence-electron chi connectivity index (χ0n) is 14.7. The van der Waals surface area contributed by atoms with E-state index in [9.17, 15) is 4.79 Å². The Morgan fingerprint density at radius 2 is 1.33 bits per heavy atom. The molecule has 0 unspecified atom stereocenters. The van der Waals surface area contributed by atoms with Gasteiger partial charge in [0.1, 0.15) is 0 Å². The third-order valence-electron chi connectivity index (χ3n) is 5.09. The van der Waals surface area contributed by atoms with Crippen LogP contribution in [0.1, 0.15) is 10.4 Å². The van der Waals surface area contributed by atoms with E-state index in [2.05, 4.69) is 71.3 Å². The molecule has 0 radical (unpaired) electrons. The highest BCUT2D eigenvalue weighted by Gasteiger charge is 2.13. The number of hydrogen-bond donors (Lipinski definition) is 0. The lowest BCUT2D eigenvalue weighted by atomic mass is 9.98. The molecule has 128 valence electrons. The molecule has 5 rings (SSSR count). The average Bonchev–Trinajstić information content (AvgIpc) is 3.08. The van der Waals surface area contributed by atoms with Crippen molar-refractivity contribution < 1.29 is 4.79 Å². The SMILES string of the molecule is O=Cc1ccccc1-c1ccc2c(c1)c1ccccc1n2-c1ccccc1. The summed E-state index contributed by atoms with van der Waals surface area (Å²) in [6.45, 7) is 0. The number of carbonyl (C=O) groups is 1. The van der Waals surface area contributed by atoms with Gasteiger partial charge < -0.3 is 4.57 Å². The highest BCUT2D eigenvalue weighted by atomic mass is 16.1. The van der Waals surface area contributed by atoms with Crippen molar-refractivity contribution >= 4 is 28.1 Å². The summed E-state index contributed by atoms with van der Waals surface area (Å²) < 4.78 is 2.29. The number of para-hydroxylation sites is 2. The second-order valence-corrected chi connectivity index (χ2v) is 6.63. The number of nitrogens with zero attached hydrogens (tertiary/aromatic N) is 1. The van der Waals surface area contributed by atoms with Crippen molar-refractivity contribution in [2.75, 3.05) is 0 Å². The van der Waals surface area contributed by atoms with Gasteiger partial charge in [-0.05, 0) is 41.5 Å². The first-order chi connectivity index (χ1) is 13.4. The van der Waals surface area contributed by atoms with Crippen molar-refractivity contribution in [1.82, 2.24) is 4.57 Å². The molecule has 1 aromatic heterocycles. The van der Waals surface area contributed by atoms with Crippen LogP contribution in [0.25, 0.3) is 38.6 Å².